The summed E-state index contributed by atoms with van der Waals surface area (Å²) >= 11 is 0. The van der Waals surface area contributed by atoms with Gasteiger partial charge in [0.1, 0.15) is 0 Å². The number of aromatic nitrogens is 1. The third kappa shape index (κ3) is 4.31. The zero-order valence-corrected chi connectivity index (χ0v) is 21.2. The summed E-state index contributed by atoms with van der Waals surface area (Å²) in [5, 5.41) is 0. The Labute approximate surface area is 223 Å². The minimum absolute atomic E-state index is 0.0742. The quantitative estimate of drug-likeness (QED) is 0.226. The molecule has 5 aromatic rings. The summed E-state index contributed by atoms with van der Waals surface area (Å²) in [4.78, 5) is 18.7. The number of nitrogens with zero attached hydrogens (tertiary/aromatic N) is 1. The summed E-state index contributed by atoms with van der Waals surface area (Å²) in [6.45, 7) is 1.97. The minimum atomic E-state index is -0.101. The molecule has 1 aromatic heterocycles. The van der Waals surface area contributed by atoms with E-state index in [0.717, 1.165) is 55.8 Å². The summed E-state index contributed by atoms with van der Waals surface area (Å²) in [7, 11) is 0. The maximum Gasteiger partial charge on any atom is 0.194 e. The van der Waals surface area contributed by atoms with Gasteiger partial charge in [-0.1, -0.05) is 121 Å². The number of benzene rings is 4. The first-order chi connectivity index (χ1) is 18.7. The van der Waals surface area contributed by atoms with Crippen molar-refractivity contribution in [2.24, 2.45) is 0 Å². The Morgan fingerprint density at radius 1 is 0.632 bits per heavy atom. The van der Waals surface area contributed by atoms with Crippen molar-refractivity contribution < 1.29 is 4.79 Å². The van der Waals surface area contributed by atoms with Gasteiger partial charge in [0, 0.05) is 34.5 Å². The molecule has 6 rings (SSSR count). The van der Waals surface area contributed by atoms with Crippen LogP contribution in [0.1, 0.15) is 39.4 Å². The molecule has 182 valence electrons. The van der Waals surface area contributed by atoms with E-state index in [-0.39, 0.29) is 11.7 Å². The number of pyridine rings is 1. The first-order valence-electron chi connectivity index (χ1n) is 12.9. The number of Topliss-reactive ketones (excluding diaryl/α,β-unsaturated/α-hetero) is 1. The fourth-order valence-corrected chi connectivity index (χ4v) is 5.44. The zero-order chi connectivity index (χ0) is 25.9. The van der Waals surface area contributed by atoms with Crippen LogP contribution in [0.3, 0.4) is 0 Å². The predicted molar refractivity (Wildman–Crippen MR) is 155 cm³/mol. The molecular weight excluding hydrogens is 462 g/mol. The van der Waals surface area contributed by atoms with Crippen molar-refractivity contribution >= 4 is 16.9 Å². The van der Waals surface area contributed by atoms with E-state index in [1.807, 2.05) is 67.6 Å². The first-order valence-corrected chi connectivity index (χ1v) is 12.9. The Kier molecular flexibility index (Phi) is 6.37. The van der Waals surface area contributed by atoms with Crippen molar-refractivity contribution in [1.82, 2.24) is 4.98 Å². The summed E-state index contributed by atoms with van der Waals surface area (Å²) in [6, 6.07) is 45.5. The van der Waals surface area contributed by atoms with Crippen molar-refractivity contribution in [3.8, 4) is 0 Å². The van der Waals surface area contributed by atoms with Crippen LogP contribution in [0.4, 0.5) is 0 Å². The van der Waals surface area contributed by atoms with E-state index in [2.05, 4.69) is 77.8 Å². The maximum absolute atomic E-state index is 14.3. The van der Waals surface area contributed by atoms with E-state index in [9.17, 15) is 4.79 Å². The Morgan fingerprint density at radius 2 is 1.11 bits per heavy atom. The van der Waals surface area contributed by atoms with Gasteiger partial charge in [-0.25, -0.2) is 0 Å². The normalized spacial score (nSPS) is 13.0. The van der Waals surface area contributed by atoms with Crippen LogP contribution in [0.15, 0.2) is 151 Å². The molecule has 0 bridgehead atoms. The standard InChI is InChI=1S/C36H27NO/c1-25-24-30(22-23-37-25)33-34(31(26-14-6-2-7-15-26)27-16-8-3-9-17-27)35(36(33)38)32(28-18-10-4-11-19-28)29-20-12-5-13-21-29/h2-24,31H,1H3. The van der Waals surface area contributed by atoms with Gasteiger partial charge in [-0.3, -0.25) is 9.78 Å². The molecule has 2 heteroatoms. The lowest BCUT2D eigenvalue weighted by atomic mass is 9.65. The van der Waals surface area contributed by atoms with Crippen LogP contribution in [-0.4, -0.2) is 10.8 Å². The van der Waals surface area contributed by atoms with Crippen molar-refractivity contribution in [2.75, 3.05) is 0 Å². The molecule has 0 unspecified atom stereocenters. The second-order valence-electron chi connectivity index (χ2n) is 9.54. The highest BCUT2D eigenvalue weighted by Gasteiger charge is 2.42. The number of carbonyl (C=O) groups is 1. The third-order valence-corrected chi connectivity index (χ3v) is 7.11. The number of allylic oxidation sites excluding steroid dienone is 3. The molecule has 0 atom stereocenters. The average Bonchev–Trinajstić information content (AvgIpc) is 2.97. The number of aryl methyl sites for hydroxylation is 1. The van der Waals surface area contributed by atoms with Gasteiger partial charge >= 0.3 is 0 Å². The van der Waals surface area contributed by atoms with E-state index in [1.165, 1.54) is 0 Å². The molecule has 0 aliphatic heterocycles. The molecule has 0 radical (unpaired) electrons. The smallest absolute Gasteiger partial charge is 0.194 e. The van der Waals surface area contributed by atoms with Crippen molar-refractivity contribution in [3.63, 3.8) is 0 Å². The number of carbonyl (C=O) groups excluding carboxylic acids is 1. The Balaban J connectivity index is 1.72. The Hall–Kier alpha value is -4.82. The van der Waals surface area contributed by atoms with E-state index in [0.29, 0.717) is 0 Å². The Bertz CT molecular complexity index is 1570. The highest BCUT2D eigenvalue weighted by Crippen LogP contribution is 2.51. The largest absolute Gasteiger partial charge is 0.289 e. The lowest BCUT2D eigenvalue weighted by Crippen LogP contribution is -2.28. The van der Waals surface area contributed by atoms with Crippen LogP contribution >= 0.6 is 0 Å². The minimum Gasteiger partial charge on any atom is -0.289 e. The fourth-order valence-electron chi connectivity index (χ4n) is 5.44. The van der Waals surface area contributed by atoms with Gasteiger partial charge in [0.2, 0.25) is 0 Å². The molecule has 0 saturated carbocycles. The lowest BCUT2D eigenvalue weighted by Gasteiger charge is -2.35. The van der Waals surface area contributed by atoms with Crippen molar-refractivity contribution in [2.45, 2.75) is 12.8 Å². The molecule has 4 aromatic carbocycles. The molecule has 0 amide bonds. The number of hydrogen-bond acceptors (Lipinski definition) is 2. The van der Waals surface area contributed by atoms with Crippen molar-refractivity contribution in [3.05, 3.63) is 184 Å². The molecule has 1 heterocycles. The van der Waals surface area contributed by atoms with Gasteiger partial charge in [-0.15, -0.1) is 0 Å². The van der Waals surface area contributed by atoms with E-state index in [1.54, 1.807) is 6.20 Å². The SMILES string of the molecule is Cc1cc(C2=C(C(c3ccccc3)c3ccccc3)C(=C(c3ccccc3)c3ccccc3)C2=O)ccn1. The first kappa shape index (κ1) is 23.6. The van der Waals surface area contributed by atoms with Gasteiger partial charge in [0.15, 0.2) is 5.78 Å². The van der Waals surface area contributed by atoms with E-state index < -0.39 is 0 Å². The molecule has 0 saturated heterocycles. The second-order valence-corrected chi connectivity index (χ2v) is 9.54. The van der Waals surface area contributed by atoms with Crippen LogP contribution in [0.2, 0.25) is 0 Å². The molecule has 2 nitrogen and oxygen atoms in total. The van der Waals surface area contributed by atoms with Gasteiger partial charge in [-0.05, 0) is 52.4 Å². The molecule has 0 spiro atoms. The van der Waals surface area contributed by atoms with Gasteiger partial charge in [0.05, 0.1) is 0 Å². The van der Waals surface area contributed by atoms with Crippen LogP contribution in [0.25, 0.3) is 11.1 Å². The highest BCUT2D eigenvalue weighted by molar-refractivity contribution is 6.42. The van der Waals surface area contributed by atoms with E-state index in [4.69, 9.17) is 0 Å². The molecular formula is C36H27NO. The van der Waals surface area contributed by atoms with E-state index >= 15 is 0 Å². The van der Waals surface area contributed by atoms with Gasteiger partial charge in [0.25, 0.3) is 0 Å². The van der Waals surface area contributed by atoms with Crippen LogP contribution < -0.4 is 0 Å². The summed E-state index contributed by atoms with van der Waals surface area (Å²) in [5.74, 6) is -0.0267. The zero-order valence-electron chi connectivity index (χ0n) is 21.2. The number of hydrogen-bond donors (Lipinski definition) is 0. The lowest BCUT2D eigenvalue weighted by molar-refractivity contribution is -0.111. The molecule has 1 aliphatic rings. The third-order valence-electron chi connectivity index (χ3n) is 7.11. The Morgan fingerprint density at radius 3 is 1.58 bits per heavy atom. The topological polar surface area (TPSA) is 30.0 Å². The predicted octanol–water partition coefficient (Wildman–Crippen LogP) is 8.06. The summed E-state index contributed by atoms with van der Waals surface area (Å²) < 4.78 is 0. The molecule has 1 aliphatic carbocycles. The second kappa shape index (κ2) is 10.3. The molecule has 38 heavy (non-hydrogen) atoms. The summed E-state index contributed by atoms with van der Waals surface area (Å²) in [6.07, 6.45) is 1.79. The van der Waals surface area contributed by atoms with Gasteiger partial charge in [-0.2, -0.15) is 0 Å². The maximum atomic E-state index is 14.3. The highest BCUT2D eigenvalue weighted by atomic mass is 16.1. The van der Waals surface area contributed by atoms with Crippen LogP contribution in [0.5, 0.6) is 0 Å². The van der Waals surface area contributed by atoms with Crippen LogP contribution in [-0.2, 0) is 4.79 Å². The summed E-state index contributed by atoms with van der Waals surface area (Å²) in [5.41, 5.74) is 9.76. The number of rotatable bonds is 6. The van der Waals surface area contributed by atoms with Gasteiger partial charge < -0.3 is 0 Å². The molecule has 0 N–H and O–H groups in total. The van der Waals surface area contributed by atoms with Crippen LogP contribution in [0, 0.1) is 6.92 Å². The molecule has 0 fully saturated rings. The van der Waals surface area contributed by atoms with Crippen molar-refractivity contribution in [1.29, 1.82) is 0 Å². The average molecular weight is 490 g/mol. The monoisotopic (exact) mass is 489 g/mol. The fraction of sp³-hybridized carbons (Fsp3) is 0.0556. The number of ketones is 1.